The molecule has 0 fully saturated rings. The van der Waals surface area contributed by atoms with Gasteiger partial charge in [-0.1, -0.05) is 12.1 Å². The third-order valence-corrected chi connectivity index (χ3v) is 8.30. The van der Waals surface area contributed by atoms with Gasteiger partial charge in [0, 0.05) is 16.7 Å². The van der Waals surface area contributed by atoms with Crippen molar-refractivity contribution in [2.45, 2.75) is 62.4 Å². The van der Waals surface area contributed by atoms with Crippen LogP contribution in [0.2, 0.25) is 0 Å². The van der Waals surface area contributed by atoms with E-state index >= 15 is 0 Å². The maximum Gasteiger partial charge on any atom is 0.241 e. The van der Waals surface area contributed by atoms with E-state index in [9.17, 15) is 27.4 Å². The first-order chi connectivity index (χ1) is 15.5. The van der Waals surface area contributed by atoms with E-state index < -0.39 is 31.1 Å². The van der Waals surface area contributed by atoms with Crippen LogP contribution in [0.15, 0.2) is 51.8 Å². The van der Waals surface area contributed by atoms with Gasteiger partial charge in [-0.25, -0.2) is 26.3 Å². The van der Waals surface area contributed by atoms with Gasteiger partial charge in [-0.3, -0.25) is 0 Å². The normalized spacial score (nSPS) is 13.6. The molecule has 0 bridgehead atoms. The summed E-state index contributed by atoms with van der Waals surface area (Å²) < 4.78 is 56.8. The molecule has 0 saturated heterocycles. The number of rotatable bonds is 4. The summed E-state index contributed by atoms with van der Waals surface area (Å²) in [5.41, 5.74) is 0.505. The molecule has 0 saturated carbocycles. The Balaban J connectivity index is 2.27. The van der Waals surface area contributed by atoms with Gasteiger partial charge >= 0.3 is 0 Å². The molecule has 0 amide bonds. The van der Waals surface area contributed by atoms with E-state index in [1.54, 1.807) is 53.7 Å². The van der Waals surface area contributed by atoms with E-state index in [0.29, 0.717) is 22.3 Å². The van der Waals surface area contributed by atoms with Gasteiger partial charge < -0.3 is 0 Å². The first kappa shape index (κ1) is 25.6. The van der Waals surface area contributed by atoms with Crippen molar-refractivity contribution in [2.24, 2.45) is 0 Å². The molecule has 178 valence electrons. The van der Waals surface area contributed by atoms with Crippen molar-refractivity contribution >= 4 is 25.6 Å². The van der Waals surface area contributed by atoms with Crippen LogP contribution in [0.3, 0.4) is 0 Å². The Hall–Kier alpha value is -3.02. The van der Waals surface area contributed by atoms with Gasteiger partial charge in [0.15, 0.2) is 0 Å². The zero-order valence-electron chi connectivity index (χ0n) is 19.8. The SMILES string of the molecule is CC(C)(C)NS(=O)(=O)c1ccc2c(c1)C(=C(C#N)C#N)c1cc(S(=O)(=O)NC(C)(C)C)ccc1-2. The van der Waals surface area contributed by atoms with Gasteiger partial charge in [0.2, 0.25) is 20.0 Å². The average Bonchev–Trinajstić information content (AvgIpc) is 2.99. The number of hydrogen-bond acceptors (Lipinski definition) is 6. The highest BCUT2D eigenvalue weighted by Crippen LogP contribution is 2.47. The van der Waals surface area contributed by atoms with E-state index in [0.717, 1.165) is 0 Å². The number of fused-ring (bicyclic) bond motifs is 3. The molecule has 8 nitrogen and oxygen atoms in total. The minimum Gasteiger partial charge on any atom is -0.207 e. The monoisotopic (exact) mass is 498 g/mol. The zero-order chi connectivity index (χ0) is 25.7. The number of hydrogen-bond donors (Lipinski definition) is 2. The Kier molecular flexibility index (Phi) is 6.27. The summed E-state index contributed by atoms with van der Waals surface area (Å²) in [6.07, 6.45) is 0. The van der Waals surface area contributed by atoms with Gasteiger partial charge in [-0.2, -0.15) is 10.5 Å². The number of nitriles is 2. The Morgan fingerprint density at radius 2 is 1.03 bits per heavy atom. The molecule has 1 aliphatic rings. The van der Waals surface area contributed by atoms with E-state index in [2.05, 4.69) is 9.44 Å². The van der Waals surface area contributed by atoms with Crippen LogP contribution >= 0.6 is 0 Å². The molecule has 2 N–H and O–H groups in total. The second-order valence-electron chi connectivity index (χ2n) is 10.1. The van der Waals surface area contributed by atoms with Crippen LogP contribution in [-0.4, -0.2) is 27.9 Å². The van der Waals surface area contributed by atoms with E-state index in [1.165, 1.54) is 24.3 Å². The summed E-state index contributed by atoms with van der Waals surface area (Å²) in [5.74, 6) is 0. The first-order valence-corrected chi connectivity index (χ1v) is 13.4. The van der Waals surface area contributed by atoms with Crippen molar-refractivity contribution in [3.05, 3.63) is 53.1 Å². The predicted molar refractivity (Wildman–Crippen MR) is 129 cm³/mol. The largest absolute Gasteiger partial charge is 0.241 e. The maximum absolute atomic E-state index is 12.9. The number of sulfonamides is 2. The highest BCUT2D eigenvalue weighted by molar-refractivity contribution is 7.89. The molecule has 2 aromatic carbocycles. The lowest BCUT2D eigenvalue weighted by Crippen LogP contribution is -2.40. The van der Waals surface area contributed by atoms with Crippen molar-refractivity contribution in [2.75, 3.05) is 0 Å². The Bertz CT molecular complexity index is 1400. The molecular weight excluding hydrogens is 472 g/mol. The number of nitrogens with one attached hydrogen (secondary N) is 2. The molecule has 0 atom stereocenters. The van der Waals surface area contributed by atoms with Crippen LogP contribution in [0, 0.1) is 22.7 Å². The Morgan fingerprint density at radius 1 is 0.676 bits per heavy atom. The summed E-state index contributed by atoms with van der Waals surface area (Å²) in [6.45, 7) is 10.3. The lowest BCUT2D eigenvalue weighted by atomic mass is 9.99. The number of nitrogens with zero attached hydrogens (tertiary/aromatic N) is 2. The molecule has 0 radical (unpaired) electrons. The van der Waals surface area contributed by atoms with E-state index in [-0.39, 0.29) is 20.9 Å². The van der Waals surface area contributed by atoms with Crippen LogP contribution in [0.1, 0.15) is 52.7 Å². The van der Waals surface area contributed by atoms with Gasteiger partial charge in [0.05, 0.1) is 9.79 Å². The van der Waals surface area contributed by atoms with Crippen LogP contribution in [-0.2, 0) is 20.0 Å². The second kappa shape index (κ2) is 8.33. The summed E-state index contributed by atoms with van der Waals surface area (Å²) in [6, 6.07) is 12.6. The topological polar surface area (TPSA) is 140 Å². The van der Waals surface area contributed by atoms with Gasteiger partial charge in [0.1, 0.15) is 17.7 Å². The number of benzene rings is 2. The fourth-order valence-electron chi connectivity index (χ4n) is 3.74. The molecule has 0 aliphatic heterocycles. The minimum absolute atomic E-state index is 0.0241. The zero-order valence-corrected chi connectivity index (χ0v) is 21.4. The minimum atomic E-state index is -3.89. The third-order valence-electron chi connectivity index (χ3n) is 4.79. The summed E-state index contributed by atoms with van der Waals surface area (Å²) in [4.78, 5) is -0.0482. The summed E-state index contributed by atoms with van der Waals surface area (Å²) in [7, 11) is -7.77. The summed E-state index contributed by atoms with van der Waals surface area (Å²) in [5, 5.41) is 19.2. The van der Waals surface area contributed by atoms with E-state index in [1.807, 2.05) is 12.1 Å². The second-order valence-corrected chi connectivity index (χ2v) is 13.5. The van der Waals surface area contributed by atoms with Crippen molar-refractivity contribution in [1.29, 1.82) is 10.5 Å². The molecule has 34 heavy (non-hydrogen) atoms. The standard InChI is InChI=1S/C24H26N4O4S2/c1-23(2,3)27-33(29,30)16-7-9-18-19-10-8-17(34(31,32)28-24(4,5)6)12-21(19)22(20(18)11-16)15(13-25)14-26/h7-12,27-28H,1-6H3. The van der Waals surface area contributed by atoms with E-state index in [4.69, 9.17) is 0 Å². The Morgan fingerprint density at radius 3 is 1.32 bits per heavy atom. The van der Waals surface area contributed by atoms with Crippen molar-refractivity contribution in [1.82, 2.24) is 9.44 Å². The molecule has 0 aromatic heterocycles. The van der Waals surface area contributed by atoms with Crippen LogP contribution in [0.4, 0.5) is 0 Å². The molecule has 1 aliphatic carbocycles. The fourth-order valence-corrected chi connectivity index (χ4v) is 6.63. The fraction of sp³-hybridized carbons (Fsp3) is 0.333. The molecule has 0 unspecified atom stereocenters. The average molecular weight is 499 g/mol. The lowest BCUT2D eigenvalue weighted by molar-refractivity contribution is 0.490. The van der Waals surface area contributed by atoms with Gasteiger partial charge in [-0.15, -0.1) is 0 Å². The molecule has 0 spiro atoms. The molecule has 0 heterocycles. The van der Waals surface area contributed by atoms with Gasteiger partial charge in [-0.05, 0) is 88.1 Å². The van der Waals surface area contributed by atoms with Crippen molar-refractivity contribution in [3.63, 3.8) is 0 Å². The lowest BCUT2D eigenvalue weighted by Gasteiger charge is -2.20. The molecule has 3 rings (SSSR count). The van der Waals surface area contributed by atoms with Crippen LogP contribution < -0.4 is 9.44 Å². The van der Waals surface area contributed by atoms with Gasteiger partial charge in [0.25, 0.3) is 0 Å². The smallest absolute Gasteiger partial charge is 0.207 e. The molecule has 2 aromatic rings. The first-order valence-electron chi connectivity index (χ1n) is 10.4. The van der Waals surface area contributed by atoms with Crippen LogP contribution in [0.25, 0.3) is 16.7 Å². The third kappa shape index (κ3) is 5.06. The summed E-state index contributed by atoms with van der Waals surface area (Å²) >= 11 is 0. The highest BCUT2D eigenvalue weighted by atomic mass is 32.2. The highest BCUT2D eigenvalue weighted by Gasteiger charge is 2.32. The van der Waals surface area contributed by atoms with Crippen LogP contribution in [0.5, 0.6) is 0 Å². The number of allylic oxidation sites excluding steroid dienone is 1. The molecule has 10 heteroatoms. The quantitative estimate of drug-likeness (QED) is 0.526. The van der Waals surface area contributed by atoms with Crippen molar-refractivity contribution < 1.29 is 16.8 Å². The molecular formula is C24H26N4O4S2. The Labute approximate surface area is 201 Å². The maximum atomic E-state index is 12.9. The predicted octanol–water partition coefficient (Wildman–Crippen LogP) is 3.67. The van der Waals surface area contributed by atoms with Crippen molar-refractivity contribution in [3.8, 4) is 23.3 Å².